The van der Waals surface area contributed by atoms with E-state index in [0.717, 1.165) is 12.1 Å². The zero-order valence-corrected chi connectivity index (χ0v) is 17.2. The third kappa shape index (κ3) is 4.59. The lowest BCUT2D eigenvalue weighted by molar-refractivity contribution is 0.407. The van der Waals surface area contributed by atoms with E-state index in [1.165, 1.54) is 18.2 Å². The number of piperazine rings is 1. The van der Waals surface area contributed by atoms with Crippen LogP contribution in [0.3, 0.4) is 0 Å². The van der Waals surface area contributed by atoms with Crippen molar-refractivity contribution < 1.29 is 17.2 Å². The predicted octanol–water partition coefficient (Wildman–Crippen LogP) is 3.71. The zero-order valence-electron chi connectivity index (χ0n) is 14.8. The molecule has 0 bridgehead atoms. The summed E-state index contributed by atoms with van der Waals surface area (Å²) in [6, 6.07) is 8.34. The van der Waals surface area contributed by atoms with Crippen molar-refractivity contribution >= 4 is 37.3 Å². The Bertz CT molecular complexity index is 946. The summed E-state index contributed by atoms with van der Waals surface area (Å²) in [5.41, 5.74) is 0.485. The highest BCUT2D eigenvalue weighted by Gasteiger charge is 2.24. The van der Waals surface area contributed by atoms with Gasteiger partial charge in [0.25, 0.3) is 10.0 Å². The van der Waals surface area contributed by atoms with Gasteiger partial charge in [0.05, 0.1) is 5.69 Å². The first-order chi connectivity index (χ1) is 12.7. The minimum atomic E-state index is -4.27. The molecular formula is C18H20BrF2N3O2S. The molecule has 0 radical (unpaired) electrons. The second kappa shape index (κ2) is 7.73. The summed E-state index contributed by atoms with van der Waals surface area (Å²) >= 11 is 3.08. The lowest BCUT2D eigenvalue weighted by Gasteiger charge is -2.37. The van der Waals surface area contributed by atoms with Gasteiger partial charge in [0, 0.05) is 35.3 Å². The summed E-state index contributed by atoms with van der Waals surface area (Å²) < 4.78 is 55.9. The molecule has 2 aromatic carbocycles. The average molecular weight is 460 g/mol. The summed E-state index contributed by atoms with van der Waals surface area (Å²) in [5.74, 6) is -1.64. The van der Waals surface area contributed by atoms with E-state index in [1.807, 2.05) is 13.8 Å². The normalized spacial score (nSPS) is 20.6. The van der Waals surface area contributed by atoms with Crippen LogP contribution >= 0.6 is 15.9 Å². The quantitative estimate of drug-likeness (QED) is 0.731. The fourth-order valence-electron chi connectivity index (χ4n) is 3.22. The summed E-state index contributed by atoms with van der Waals surface area (Å²) in [6.07, 6.45) is 0. The van der Waals surface area contributed by atoms with Gasteiger partial charge in [0.15, 0.2) is 0 Å². The average Bonchev–Trinajstić information content (AvgIpc) is 2.55. The second-order valence-electron chi connectivity index (χ2n) is 6.72. The number of sulfonamides is 1. The Morgan fingerprint density at radius 2 is 1.74 bits per heavy atom. The molecule has 1 aliphatic rings. The van der Waals surface area contributed by atoms with Gasteiger partial charge in [-0.1, -0.05) is 15.9 Å². The van der Waals surface area contributed by atoms with Crippen molar-refractivity contribution in [3.8, 4) is 0 Å². The Morgan fingerprint density at radius 3 is 2.37 bits per heavy atom. The van der Waals surface area contributed by atoms with Gasteiger partial charge in [0.2, 0.25) is 0 Å². The van der Waals surface area contributed by atoms with Crippen LogP contribution in [0.25, 0.3) is 0 Å². The lowest BCUT2D eigenvalue weighted by atomic mass is 10.1. The van der Waals surface area contributed by atoms with Crippen molar-refractivity contribution in [2.24, 2.45) is 0 Å². The summed E-state index contributed by atoms with van der Waals surface area (Å²) in [7, 11) is -4.27. The van der Waals surface area contributed by atoms with E-state index >= 15 is 0 Å². The molecule has 9 heteroatoms. The van der Waals surface area contributed by atoms with E-state index in [2.05, 4.69) is 30.9 Å². The van der Waals surface area contributed by atoms with Crippen LogP contribution in [-0.2, 0) is 10.0 Å². The van der Waals surface area contributed by atoms with Crippen molar-refractivity contribution in [3.63, 3.8) is 0 Å². The summed E-state index contributed by atoms with van der Waals surface area (Å²) in [5, 5.41) is 3.40. The second-order valence-corrected chi connectivity index (χ2v) is 9.28. The molecule has 2 N–H and O–H groups in total. The van der Waals surface area contributed by atoms with Crippen LogP contribution in [0.1, 0.15) is 13.8 Å². The highest BCUT2D eigenvalue weighted by molar-refractivity contribution is 9.10. The first-order valence-corrected chi connectivity index (χ1v) is 10.7. The molecule has 0 saturated carbocycles. The molecule has 27 heavy (non-hydrogen) atoms. The number of hydrogen-bond donors (Lipinski definition) is 2. The van der Waals surface area contributed by atoms with Gasteiger partial charge in [-0.15, -0.1) is 0 Å². The molecule has 0 spiro atoms. The molecule has 3 rings (SSSR count). The predicted molar refractivity (Wildman–Crippen MR) is 106 cm³/mol. The first-order valence-electron chi connectivity index (χ1n) is 8.44. The van der Waals surface area contributed by atoms with E-state index in [4.69, 9.17) is 0 Å². The number of hydrogen-bond acceptors (Lipinski definition) is 4. The van der Waals surface area contributed by atoms with Crippen LogP contribution in [0.15, 0.2) is 45.8 Å². The van der Waals surface area contributed by atoms with E-state index < -0.39 is 26.6 Å². The number of anilines is 2. The number of rotatable bonds is 4. The van der Waals surface area contributed by atoms with E-state index in [1.54, 1.807) is 6.07 Å². The van der Waals surface area contributed by atoms with Crippen molar-refractivity contribution in [1.82, 2.24) is 5.32 Å². The minimum Gasteiger partial charge on any atom is -0.368 e. The maximum atomic E-state index is 14.2. The van der Waals surface area contributed by atoms with Crippen LogP contribution in [0.2, 0.25) is 0 Å². The highest BCUT2D eigenvalue weighted by Crippen LogP contribution is 2.28. The SMILES string of the molecule is CC1CN(c2ccc(F)c(NS(=O)(=O)c3ccc(Br)cc3F)c2)CC(C)N1. The van der Waals surface area contributed by atoms with Gasteiger partial charge in [-0.2, -0.15) is 0 Å². The molecule has 146 valence electrons. The zero-order chi connectivity index (χ0) is 19.8. The molecule has 1 fully saturated rings. The molecule has 2 atom stereocenters. The Balaban J connectivity index is 1.90. The summed E-state index contributed by atoms with van der Waals surface area (Å²) in [4.78, 5) is 1.52. The van der Waals surface area contributed by atoms with Gasteiger partial charge in [0.1, 0.15) is 16.5 Å². The largest absolute Gasteiger partial charge is 0.368 e. The third-order valence-electron chi connectivity index (χ3n) is 4.30. The third-order valence-corrected chi connectivity index (χ3v) is 6.19. The Hall–Kier alpha value is -1.71. The van der Waals surface area contributed by atoms with Crippen molar-refractivity contribution in [2.45, 2.75) is 30.8 Å². The van der Waals surface area contributed by atoms with Gasteiger partial charge in [-0.25, -0.2) is 17.2 Å². The molecule has 5 nitrogen and oxygen atoms in total. The summed E-state index contributed by atoms with van der Waals surface area (Å²) in [6.45, 7) is 5.52. The Kier molecular flexibility index (Phi) is 5.73. The number of nitrogens with one attached hydrogen (secondary N) is 2. The topological polar surface area (TPSA) is 61.4 Å². The molecular weight excluding hydrogens is 440 g/mol. The van der Waals surface area contributed by atoms with Gasteiger partial charge in [-0.3, -0.25) is 4.72 Å². The van der Waals surface area contributed by atoms with Crippen LogP contribution in [0.4, 0.5) is 20.2 Å². The lowest BCUT2D eigenvalue weighted by Crippen LogP contribution is -2.54. The molecule has 1 aliphatic heterocycles. The molecule has 0 amide bonds. The molecule has 0 aromatic heterocycles. The molecule has 0 aliphatic carbocycles. The van der Waals surface area contributed by atoms with E-state index in [0.29, 0.717) is 23.2 Å². The van der Waals surface area contributed by atoms with Crippen molar-refractivity contribution in [3.05, 3.63) is 52.5 Å². The van der Waals surface area contributed by atoms with Crippen LogP contribution in [0, 0.1) is 11.6 Å². The molecule has 2 aromatic rings. The maximum Gasteiger partial charge on any atom is 0.264 e. The Labute approximate surface area is 165 Å². The van der Waals surface area contributed by atoms with Gasteiger partial charge >= 0.3 is 0 Å². The molecule has 2 unspecified atom stereocenters. The molecule has 1 heterocycles. The highest BCUT2D eigenvalue weighted by atomic mass is 79.9. The van der Waals surface area contributed by atoms with Crippen LogP contribution in [0.5, 0.6) is 0 Å². The molecule has 1 saturated heterocycles. The van der Waals surface area contributed by atoms with Crippen LogP contribution < -0.4 is 14.9 Å². The smallest absolute Gasteiger partial charge is 0.264 e. The fourth-order valence-corrected chi connectivity index (χ4v) is 4.67. The number of benzene rings is 2. The maximum absolute atomic E-state index is 14.2. The fraction of sp³-hybridized carbons (Fsp3) is 0.333. The van der Waals surface area contributed by atoms with Crippen LogP contribution in [-0.4, -0.2) is 33.6 Å². The van der Waals surface area contributed by atoms with E-state index in [9.17, 15) is 17.2 Å². The number of nitrogens with zero attached hydrogens (tertiary/aromatic N) is 1. The number of halogens is 3. The monoisotopic (exact) mass is 459 g/mol. The minimum absolute atomic E-state index is 0.214. The van der Waals surface area contributed by atoms with E-state index in [-0.39, 0.29) is 17.8 Å². The van der Waals surface area contributed by atoms with Gasteiger partial charge in [-0.05, 0) is 50.2 Å². The first kappa shape index (κ1) is 20.0. The van der Waals surface area contributed by atoms with Gasteiger partial charge < -0.3 is 10.2 Å². The van der Waals surface area contributed by atoms with Crippen molar-refractivity contribution in [2.75, 3.05) is 22.7 Å². The Morgan fingerprint density at radius 1 is 1.07 bits per heavy atom. The van der Waals surface area contributed by atoms with Crippen molar-refractivity contribution in [1.29, 1.82) is 0 Å². The standard InChI is InChI=1S/C18H20BrF2N3O2S/c1-11-9-24(10-12(2)22-11)14-4-5-15(20)17(8-14)23-27(25,26)18-6-3-13(19)7-16(18)21/h3-8,11-12,22-23H,9-10H2,1-2H3.